The lowest BCUT2D eigenvalue weighted by Gasteiger charge is -2.38. The number of aromatic nitrogens is 1. The van der Waals surface area contributed by atoms with Crippen LogP contribution < -0.4 is 4.74 Å². The number of fused-ring (bicyclic) bond motifs is 3. The first-order chi connectivity index (χ1) is 13.2. The molecule has 0 spiro atoms. The maximum Gasteiger partial charge on any atom is 0.215 e. The van der Waals surface area contributed by atoms with Gasteiger partial charge in [-0.25, -0.2) is 5.01 Å². The highest BCUT2D eigenvalue weighted by Crippen LogP contribution is 2.48. The zero-order valence-corrected chi connectivity index (χ0v) is 15.0. The molecule has 0 saturated carbocycles. The molecular formula is C21H16ClN3O2. The number of hydrazone groups is 1. The van der Waals surface area contributed by atoms with E-state index in [4.69, 9.17) is 21.4 Å². The van der Waals surface area contributed by atoms with Crippen LogP contribution in [-0.2, 0) is 0 Å². The van der Waals surface area contributed by atoms with Crippen molar-refractivity contribution >= 4 is 17.3 Å². The third-order valence-corrected chi connectivity index (χ3v) is 5.17. The number of halogens is 1. The molecule has 3 heterocycles. The van der Waals surface area contributed by atoms with Crippen molar-refractivity contribution < 1.29 is 9.84 Å². The summed E-state index contributed by atoms with van der Waals surface area (Å²) in [5.74, 6) is 1.02. The molecule has 0 amide bonds. The Bertz CT molecular complexity index is 1040. The van der Waals surface area contributed by atoms with Crippen LogP contribution in [0.3, 0.4) is 0 Å². The Morgan fingerprint density at radius 2 is 2.00 bits per heavy atom. The van der Waals surface area contributed by atoms with Crippen molar-refractivity contribution in [2.45, 2.75) is 18.7 Å². The van der Waals surface area contributed by atoms with Crippen LogP contribution in [0.15, 0.2) is 72.1 Å². The van der Waals surface area contributed by atoms with E-state index in [1.54, 1.807) is 24.5 Å². The molecule has 3 aromatic rings. The van der Waals surface area contributed by atoms with Gasteiger partial charge in [0.1, 0.15) is 11.5 Å². The molecule has 0 radical (unpaired) electrons. The Morgan fingerprint density at radius 1 is 1.11 bits per heavy atom. The van der Waals surface area contributed by atoms with Crippen molar-refractivity contribution in [3.63, 3.8) is 0 Å². The van der Waals surface area contributed by atoms with Gasteiger partial charge >= 0.3 is 0 Å². The van der Waals surface area contributed by atoms with Crippen molar-refractivity contribution in [2.75, 3.05) is 0 Å². The van der Waals surface area contributed by atoms with Crippen LogP contribution in [0.2, 0.25) is 5.02 Å². The Morgan fingerprint density at radius 3 is 2.81 bits per heavy atom. The fraction of sp³-hybridized carbons (Fsp3) is 0.143. The highest BCUT2D eigenvalue weighted by molar-refractivity contribution is 6.30. The van der Waals surface area contributed by atoms with Crippen LogP contribution in [0.5, 0.6) is 11.5 Å². The van der Waals surface area contributed by atoms with Crippen molar-refractivity contribution in [1.82, 2.24) is 9.99 Å². The molecule has 2 aromatic carbocycles. The Kier molecular flexibility index (Phi) is 3.76. The van der Waals surface area contributed by atoms with E-state index in [1.807, 2.05) is 47.5 Å². The number of aromatic hydroxyl groups is 1. The molecule has 0 aliphatic carbocycles. The molecule has 0 unspecified atom stereocenters. The van der Waals surface area contributed by atoms with Crippen molar-refractivity contribution in [3.8, 4) is 11.5 Å². The van der Waals surface area contributed by atoms with E-state index in [2.05, 4.69) is 4.98 Å². The standard InChI is InChI=1S/C21H16ClN3O2/c22-14-7-8-20-16(10-14)18-11-17(15-5-1-2-6-19(15)26)24-25(18)21(27-20)13-4-3-9-23-12-13/h1-10,12,18,21,26H,11H2/t18-,21+/m0/s1. The Balaban J connectivity index is 1.63. The highest BCUT2D eigenvalue weighted by atomic mass is 35.5. The maximum absolute atomic E-state index is 10.3. The second-order valence-electron chi connectivity index (χ2n) is 6.60. The zero-order chi connectivity index (χ0) is 18.4. The number of para-hydroxylation sites is 1. The van der Waals surface area contributed by atoms with Gasteiger partial charge in [0.2, 0.25) is 6.23 Å². The summed E-state index contributed by atoms with van der Waals surface area (Å²) in [6, 6.07) is 16.8. The van der Waals surface area contributed by atoms with Crippen molar-refractivity contribution in [3.05, 3.63) is 88.7 Å². The molecule has 27 heavy (non-hydrogen) atoms. The lowest BCUT2D eigenvalue weighted by Crippen LogP contribution is -2.33. The number of pyridine rings is 1. The van der Waals surface area contributed by atoms with Gasteiger partial charge in [-0.15, -0.1) is 0 Å². The lowest BCUT2D eigenvalue weighted by molar-refractivity contribution is -0.0192. The van der Waals surface area contributed by atoms with Gasteiger partial charge < -0.3 is 9.84 Å². The van der Waals surface area contributed by atoms with Gasteiger partial charge in [-0.1, -0.05) is 29.8 Å². The molecule has 1 aromatic heterocycles. The average molecular weight is 378 g/mol. The summed E-state index contributed by atoms with van der Waals surface area (Å²) in [6.45, 7) is 0. The average Bonchev–Trinajstić information content (AvgIpc) is 3.14. The molecule has 2 atom stereocenters. The zero-order valence-electron chi connectivity index (χ0n) is 14.3. The number of phenolic OH excluding ortho intramolecular Hbond substituents is 1. The van der Waals surface area contributed by atoms with E-state index in [1.165, 1.54) is 0 Å². The molecule has 1 N–H and O–H groups in total. The smallest absolute Gasteiger partial charge is 0.215 e. The Labute approximate surface area is 161 Å². The van der Waals surface area contributed by atoms with Crippen LogP contribution in [0.1, 0.15) is 35.4 Å². The van der Waals surface area contributed by atoms with E-state index in [0.29, 0.717) is 11.4 Å². The molecule has 2 aliphatic rings. The number of nitrogens with zero attached hydrogens (tertiary/aromatic N) is 3. The van der Waals surface area contributed by atoms with Gasteiger partial charge in [-0.05, 0) is 36.4 Å². The van der Waals surface area contributed by atoms with Crippen LogP contribution in [0.4, 0.5) is 0 Å². The molecule has 0 fully saturated rings. The fourth-order valence-electron chi connectivity index (χ4n) is 3.68. The Hall–Kier alpha value is -3.05. The third-order valence-electron chi connectivity index (χ3n) is 4.94. The van der Waals surface area contributed by atoms with Crippen LogP contribution in [0.25, 0.3) is 0 Å². The first-order valence-electron chi connectivity index (χ1n) is 8.71. The monoisotopic (exact) mass is 377 g/mol. The summed E-state index contributed by atoms with van der Waals surface area (Å²) in [7, 11) is 0. The molecule has 5 rings (SSSR count). The first-order valence-corrected chi connectivity index (χ1v) is 9.09. The molecule has 0 bridgehead atoms. The van der Waals surface area contributed by atoms with Crippen LogP contribution in [0, 0.1) is 0 Å². The number of phenols is 1. The quantitative estimate of drug-likeness (QED) is 0.704. The first kappa shape index (κ1) is 16.1. The minimum atomic E-state index is -0.388. The van der Waals surface area contributed by atoms with Gasteiger partial charge in [0.05, 0.1) is 11.8 Å². The summed E-state index contributed by atoms with van der Waals surface area (Å²) in [5.41, 5.74) is 3.48. The van der Waals surface area contributed by atoms with Crippen LogP contribution >= 0.6 is 11.6 Å². The van der Waals surface area contributed by atoms with Gasteiger partial charge in [-0.2, -0.15) is 5.10 Å². The number of hydrogen-bond donors (Lipinski definition) is 1. The maximum atomic E-state index is 10.3. The van der Waals surface area contributed by atoms with E-state index >= 15 is 0 Å². The highest BCUT2D eigenvalue weighted by Gasteiger charge is 2.41. The van der Waals surface area contributed by atoms with Crippen molar-refractivity contribution in [2.24, 2.45) is 5.10 Å². The van der Waals surface area contributed by atoms with Crippen LogP contribution in [-0.4, -0.2) is 20.8 Å². The summed E-state index contributed by atoms with van der Waals surface area (Å²) in [4.78, 5) is 4.22. The molecule has 6 heteroatoms. The normalized spacial score (nSPS) is 20.5. The summed E-state index contributed by atoms with van der Waals surface area (Å²) in [6.07, 6.45) is 3.79. The van der Waals surface area contributed by atoms with Crippen molar-refractivity contribution in [1.29, 1.82) is 0 Å². The molecule has 134 valence electrons. The summed E-state index contributed by atoms with van der Waals surface area (Å²) >= 11 is 6.24. The number of benzene rings is 2. The molecule has 0 saturated heterocycles. The second kappa shape index (κ2) is 6.28. The summed E-state index contributed by atoms with van der Waals surface area (Å²) in [5, 5.41) is 17.7. The van der Waals surface area contributed by atoms with E-state index < -0.39 is 0 Å². The minimum absolute atomic E-state index is 0.0211. The lowest BCUT2D eigenvalue weighted by atomic mass is 9.95. The predicted molar refractivity (Wildman–Crippen MR) is 103 cm³/mol. The SMILES string of the molecule is Oc1ccccc1C1=NN2[C@@H](c3cccnc3)Oc3ccc(Cl)cc3[C@@H]2C1. The minimum Gasteiger partial charge on any atom is -0.507 e. The number of ether oxygens (including phenoxy) is 1. The fourth-order valence-corrected chi connectivity index (χ4v) is 3.86. The number of rotatable bonds is 2. The molecule has 5 nitrogen and oxygen atoms in total. The largest absolute Gasteiger partial charge is 0.507 e. The van der Waals surface area contributed by atoms with Gasteiger partial charge in [0, 0.05) is 40.5 Å². The van der Waals surface area contributed by atoms with Gasteiger partial charge in [0.25, 0.3) is 0 Å². The van der Waals surface area contributed by atoms with Gasteiger partial charge in [-0.3, -0.25) is 4.98 Å². The van der Waals surface area contributed by atoms with E-state index in [-0.39, 0.29) is 18.0 Å². The summed E-state index contributed by atoms with van der Waals surface area (Å²) < 4.78 is 6.26. The topological polar surface area (TPSA) is 58.0 Å². The molecular weight excluding hydrogens is 362 g/mol. The van der Waals surface area contributed by atoms with E-state index in [9.17, 15) is 5.11 Å². The molecule has 2 aliphatic heterocycles. The van der Waals surface area contributed by atoms with E-state index in [0.717, 1.165) is 28.2 Å². The predicted octanol–water partition coefficient (Wildman–Crippen LogP) is 4.68. The second-order valence-corrected chi connectivity index (χ2v) is 7.04. The number of hydrogen-bond acceptors (Lipinski definition) is 5. The van der Waals surface area contributed by atoms with Gasteiger partial charge in [0.15, 0.2) is 0 Å². The third kappa shape index (κ3) is 2.71.